The summed E-state index contributed by atoms with van der Waals surface area (Å²) in [6, 6.07) is 0. The van der Waals surface area contributed by atoms with Gasteiger partial charge in [0.25, 0.3) is 5.91 Å². The van der Waals surface area contributed by atoms with Crippen molar-refractivity contribution in [3.05, 3.63) is 23.3 Å². The van der Waals surface area contributed by atoms with Crippen molar-refractivity contribution < 1.29 is 19.1 Å². The van der Waals surface area contributed by atoms with Crippen LogP contribution in [0.15, 0.2) is 6.33 Å². The average molecular weight is 611 g/mol. The fourth-order valence-electron chi connectivity index (χ4n) is 8.53. The first-order chi connectivity index (χ1) is 21.1. The van der Waals surface area contributed by atoms with Crippen LogP contribution in [0, 0.1) is 31.1 Å². The number of methoxy groups -OCH3 is 1. The highest BCUT2D eigenvalue weighted by Crippen LogP contribution is 2.49. The largest absolute Gasteiger partial charge is 0.453 e. The number of rotatable bonds is 7. The molecule has 0 aliphatic carbocycles. The molecule has 0 bridgehead atoms. The second-order valence-corrected chi connectivity index (χ2v) is 14.3. The molecule has 10 nitrogen and oxygen atoms in total. The summed E-state index contributed by atoms with van der Waals surface area (Å²) in [5.41, 5.74) is 2.32. The van der Waals surface area contributed by atoms with Gasteiger partial charge in [-0.05, 0) is 96.1 Å². The number of amides is 3. The average Bonchev–Trinajstić information content (AvgIpc) is 3.02. The monoisotopic (exact) mass is 610 g/mol. The van der Waals surface area contributed by atoms with Gasteiger partial charge in [-0.1, -0.05) is 19.8 Å². The molecule has 0 aromatic carbocycles. The van der Waals surface area contributed by atoms with Crippen LogP contribution in [-0.2, 0) is 9.53 Å². The maximum Gasteiger partial charge on any atom is 0.409 e. The zero-order chi connectivity index (χ0) is 31.5. The van der Waals surface area contributed by atoms with Gasteiger partial charge < -0.3 is 19.4 Å². The molecule has 244 valence electrons. The molecular weight excluding hydrogens is 556 g/mol. The molecule has 5 rings (SSSR count). The second-order valence-electron chi connectivity index (χ2n) is 14.3. The number of aryl methyl sites for hydroxylation is 2. The maximum atomic E-state index is 13.7. The SMILES string of the molecule is CCCCC1CN(CC2CCN(C(=O)OC)CC2)C(=O)CC12CCN(C1(C)CCN(C(=O)c3c(C)ncnc3C)CC1)CC2. The zero-order valence-electron chi connectivity index (χ0n) is 27.8. The van der Waals surface area contributed by atoms with Crippen molar-refractivity contribution in [3.63, 3.8) is 0 Å². The summed E-state index contributed by atoms with van der Waals surface area (Å²) in [4.78, 5) is 56.1. The van der Waals surface area contributed by atoms with Crippen LogP contribution in [0.4, 0.5) is 4.79 Å². The predicted molar refractivity (Wildman–Crippen MR) is 169 cm³/mol. The van der Waals surface area contributed by atoms with Gasteiger partial charge in [-0.15, -0.1) is 0 Å². The highest BCUT2D eigenvalue weighted by atomic mass is 16.5. The van der Waals surface area contributed by atoms with Crippen molar-refractivity contribution in [2.45, 2.75) is 97.4 Å². The van der Waals surface area contributed by atoms with E-state index in [1.165, 1.54) is 32.7 Å². The molecule has 0 N–H and O–H groups in total. The summed E-state index contributed by atoms with van der Waals surface area (Å²) >= 11 is 0. The lowest BCUT2D eigenvalue weighted by molar-refractivity contribution is -0.147. The Morgan fingerprint density at radius 3 is 2.18 bits per heavy atom. The van der Waals surface area contributed by atoms with Crippen LogP contribution in [0.2, 0.25) is 0 Å². The van der Waals surface area contributed by atoms with Gasteiger partial charge in [0.15, 0.2) is 0 Å². The fraction of sp³-hybridized carbons (Fsp3) is 0.794. The minimum atomic E-state index is -0.245. The summed E-state index contributed by atoms with van der Waals surface area (Å²) < 4.78 is 4.90. The van der Waals surface area contributed by atoms with Crippen LogP contribution in [0.25, 0.3) is 0 Å². The molecular formula is C34H54N6O4. The molecule has 0 saturated carbocycles. The number of carbonyl (C=O) groups excluding carboxylic acids is 3. The van der Waals surface area contributed by atoms with E-state index in [0.29, 0.717) is 42.8 Å². The van der Waals surface area contributed by atoms with Crippen LogP contribution >= 0.6 is 0 Å². The van der Waals surface area contributed by atoms with Crippen LogP contribution < -0.4 is 0 Å². The fourth-order valence-corrected chi connectivity index (χ4v) is 8.53. The van der Waals surface area contributed by atoms with Crippen molar-refractivity contribution in [2.75, 3.05) is 59.5 Å². The summed E-state index contributed by atoms with van der Waals surface area (Å²) in [5.74, 6) is 1.38. The third-order valence-electron chi connectivity index (χ3n) is 11.7. The molecule has 3 amide bonds. The van der Waals surface area contributed by atoms with Crippen molar-refractivity contribution >= 4 is 17.9 Å². The Kier molecular flexibility index (Phi) is 10.2. The smallest absolute Gasteiger partial charge is 0.409 e. The number of unbranched alkanes of at least 4 members (excludes halogenated alkanes) is 1. The number of likely N-dealkylation sites (tertiary alicyclic amines) is 4. The van der Waals surface area contributed by atoms with E-state index in [4.69, 9.17) is 4.74 Å². The quantitative estimate of drug-likeness (QED) is 0.442. The normalized spacial score (nSPS) is 24.5. The lowest BCUT2D eigenvalue weighted by Crippen LogP contribution is -2.60. The van der Waals surface area contributed by atoms with Gasteiger partial charge in [0.1, 0.15) is 6.33 Å². The number of aromatic nitrogens is 2. The number of hydrogen-bond donors (Lipinski definition) is 0. The van der Waals surface area contributed by atoms with Crippen molar-refractivity contribution in [2.24, 2.45) is 17.3 Å². The van der Waals surface area contributed by atoms with E-state index in [1.54, 1.807) is 4.90 Å². The molecule has 10 heteroatoms. The van der Waals surface area contributed by atoms with Gasteiger partial charge >= 0.3 is 6.09 Å². The Labute approximate surface area is 263 Å². The van der Waals surface area contributed by atoms with Crippen molar-refractivity contribution in [1.29, 1.82) is 0 Å². The summed E-state index contributed by atoms with van der Waals surface area (Å²) in [7, 11) is 1.44. The summed E-state index contributed by atoms with van der Waals surface area (Å²) in [5, 5.41) is 0. The molecule has 4 aliphatic heterocycles. The Bertz CT molecular complexity index is 1160. The molecule has 1 unspecified atom stereocenters. The molecule has 1 spiro atoms. The highest BCUT2D eigenvalue weighted by Gasteiger charge is 2.50. The molecule has 1 aromatic heterocycles. The van der Waals surface area contributed by atoms with Crippen molar-refractivity contribution in [3.8, 4) is 0 Å². The Morgan fingerprint density at radius 1 is 0.955 bits per heavy atom. The third-order valence-corrected chi connectivity index (χ3v) is 11.7. The first-order valence-corrected chi connectivity index (χ1v) is 17.0. The van der Waals surface area contributed by atoms with Gasteiger partial charge in [0.2, 0.25) is 5.91 Å². The molecule has 5 heterocycles. The van der Waals surface area contributed by atoms with Gasteiger partial charge in [0.05, 0.1) is 24.1 Å². The predicted octanol–water partition coefficient (Wildman–Crippen LogP) is 4.69. The topological polar surface area (TPSA) is 99.2 Å². The Morgan fingerprint density at radius 2 is 1.59 bits per heavy atom. The van der Waals surface area contributed by atoms with E-state index in [-0.39, 0.29) is 23.0 Å². The summed E-state index contributed by atoms with van der Waals surface area (Å²) in [6.07, 6.45) is 11.5. The molecule has 4 fully saturated rings. The Hall–Kier alpha value is -2.75. The lowest BCUT2D eigenvalue weighted by Gasteiger charge is -2.56. The number of carbonyl (C=O) groups is 3. The standard InChI is InChI=1S/C34H54N6O4/c1-6-7-8-28-23-39(22-27-9-15-38(16-10-27)32(43)44-5)29(41)21-34(28)13-19-40(20-14-34)33(4)11-17-37(18-12-33)31(42)30-25(2)35-24-36-26(30)3/h24,27-28H,6-23H2,1-5H3. The molecule has 1 atom stereocenters. The molecule has 4 aliphatic rings. The highest BCUT2D eigenvalue weighted by molar-refractivity contribution is 5.96. The second kappa shape index (κ2) is 13.7. The molecule has 1 aromatic rings. The maximum absolute atomic E-state index is 13.7. The van der Waals surface area contributed by atoms with E-state index in [9.17, 15) is 14.4 Å². The van der Waals surface area contributed by atoms with E-state index in [1.807, 2.05) is 18.7 Å². The first kappa shape index (κ1) is 32.6. The van der Waals surface area contributed by atoms with E-state index in [0.717, 1.165) is 89.2 Å². The minimum Gasteiger partial charge on any atom is -0.453 e. The van der Waals surface area contributed by atoms with Gasteiger partial charge in [-0.25, -0.2) is 14.8 Å². The lowest BCUT2D eigenvalue weighted by atomic mass is 9.62. The van der Waals surface area contributed by atoms with Gasteiger partial charge in [-0.2, -0.15) is 0 Å². The number of nitrogens with zero attached hydrogens (tertiary/aromatic N) is 6. The first-order valence-electron chi connectivity index (χ1n) is 17.0. The Balaban J connectivity index is 1.17. The number of ether oxygens (including phenoxy) is 1. The van der Waals surface area contributed by atoms with Gasteiger partial charge in [0, 0.05) is 51.2 Å². The van der Waals surface area contributed by atoms with Crippen LogP contribution in [-0.4, -0.2) is 112 Å². The van der Waals surface area contributed by atoms with Crippen LogP contribution in [0.5, 0.6) is 0 Å². The third kappa shape index (κ3) is 6.75. The van der Waals surface area contributed by atoms with Crippen LogP contribution in [0.1, 0.15) is 99.8 Å². The minimum absolute atomic E-state index is 0.0540. The number of hydrogen-bond acceptors (Lipinski definition) is 7. The van der Waals surface area contributed by atoms with E-state index >= 15 is 0 Å². The van der Waals surface area contributed by atoms with Crippen molar-refractivity contribution in [1.82, 2.24) is 29.6 Å². The molecule has 0 radical (unpaired) electrons. The van der Waals surface area contributed by atoms with E-state index < -0.39 is 0 Å². The zero-order valence-corrected chi connectivity index (χ0v) is 27.8. The van der Waals surface area contributed by atoms with E-state index in [2.05, 4.69) is 33.6 Å². The summed E-state index contributed by atoms with van der Waals surface area (Å²) in [6.45, 7) is 15.1. The van der Waals surface area contributed by atoms with Gasteiger partial charge in [-0.3, -0.25) is 14.5 Å². The molecule has 44 heavy (non-hydrogen) atoms. The van der Waals surface area contributed by atoms with Crippen LogP contribution in [0.3, 0.4) is 0 Å². The molecule has 4 saturated heterocycles. The number of piperidine rings is 4.